The molecule has 9 heteroatoms. The number of aromatic nitrogens is 1. The van der Waals surface area contributed by atoms with E-state index >= 15 is 0 Å². The van der Waals surface area contributed by atoms with E-state index in [9.17, 15) is 9.18 Å². The zero-order valence-electron chi connectivity index (χ0n) is 19.4. The first-order valence-corrected chi connectivity index (χ1v) is 11.8. The highest BCUT2D eigenvalue weighted by molar-refractivity contribution is 8.27. The summed E-state index contributed by atoms with van der Waals surface area (Å²) in [5.41, 5.74) is 3.82. The molecule has 0 fully saturated rings. The smallest absolute Gasteiger partial charge is 0.283 e. The number of amidine groups is 2. The van der Waals surface area contributed by atoms with Crippen LogP contribution in [0.4, 0.5) is 4.39 Å². The fourth-order valence-corrected chi connectivity index (χ4v) is 4.84. The molecule has 0 aliphatic carbocycles. The van der Waals surface area contributed by atoms with Crippen molar-refractivity contribution in [2.24, 2.45) is 10.1 Å². The van der Waals surface area contributed by atoms with Crippen molar-refractivity contribution in [3.63, 3.8) is 0 Å². The second-order valence-corrected chi connectivity index (χ2v) is 9.22. The number of hydrogen-bond acceptors (Lipinski definition) is 5. The molecule has 176 valence electrons. The lowest BCUT2D eigenvalue weighted by atomic mass is 10.1. The Morgan fingerprint density at radius 3 is 2.63 bits per heavy atom. The summed E-state index contributed by atoms with van der Waals surface area (Å²) >= 11 is 1.21. The van der Waals surface area contributed by atoms with E-state index in [1.54, 1.807) is 28.8 Å². The van der Waals surface area contributed by atoms with Gasteiger partial charge in [0, 0.05) is 11.4 Å². The first-order valence-electron chi connectivity index (χ1n) is 10.9. The molecule has 1 aromatic heterocycles. The summed E-state index contributed by atoms with van der Waals surface area (Å²) < 4.78 is 22.1. The van der Waals surface area contributed by atoms with Crippen LogP contribution in [0.2, 0.25) is 0 Å². The average Bonchev–Trinajstić information content (AvgIpc) is 3.36. The Morgan fingerprint density at radius 1 is 1.11 bits per heavy atom. The molecule has 1 N–H and O–H groups in total. The van der Waals surface area contributed by atoms with Crippen LogP contribution in [0.1, 0.15) is 22.5 Å². The number of fused-ring (bicyclic) bond motifs is 1. The monoisotopic (exact) mass is 487 g/mol. The van der Waals surface area contributed by atoms with Gasteiger partial charge in [-0.05, 0) is 74.0 Å². The summed E-state index contributed by atoms with van der Waals surface area (Å²) in [6.45, 7) is 5.88. The van der Waals surface area contributed by atoms with Gasteiger partial charge in [0.1, 0.15) is 23.2 Å². The molecule has 2 aromatic carbocycles. The Hall–Kier alpha value is -3.98. The lowest BCUT2D eigenvalue weighted by molar-refractivity contribution is -0.114. The van der Waals surface area contributed by atoms with E-state index in [2.05, 4.69) is 10.1 Å². The van der Waals surface area contributed by atoms with Crippen LogP contribution in [-0.4, -0.2) is 38.1 Å². The number of rotatable bonds is 5. The molecule has 1 amide bonds. The number of nitrogens with zero attached hydrogens (tertiary/aromatic N) is 4. The van der Waals surface area contributed by atoms with Crippen LogP contribution in [0.3, 0.4) is 0 Å². The molecule has 0 spiro atoms. The predicted octanol–water partition coefficient (Wildman–Crippen LogP) is 5.24. The predicted molar refractivity (Wildman–Crippen MR) is 137 cm³/mol. The standard InChI is InChI=1S/C26H22FN5O2S/c1-15-8-4-7-11-22(15)34-14-23-30-32-24(28)19(25(33)29-26(32)35-23)13-18-12-16(2)31(17(18)3)21-10-6-5-9-20(21)27/h4-13,28H,14H2,1-3H3/b19-13-,28-24?. The minimum atomic E-state index is -0.513. The second-order valence-electron chi connectivity index (χ2n) is 8.18. The van der Waals surface area contributed by atoms with Gasteiger partial charge in [-0.3, -0.25) is 10.2 Å². The fraction of sp³-hybridized carbons (Fsp3) is 0.154. The molecule has 0 bridgehead atoms. The number of thioether (sulfide) groups is 1. The number of nitrogens with one attached hydrogen (secondary N) is 1. The maximum Gasteiger partial charge on any atom is 0.283 e. The van der Waals surface area contributed by atoms with Gasteiger partial charge in [-0.15, -0.1) is 0 Å². The number of amides is 1. The average molecular weight is 488 g/mol. The highest BCUT2D eigenvalue weighted by Crippen LogP contribution is 2.30. The third-order valence-electron chi connectivity index (χ3n) is 5.80. The van der Waals surface area contributed by atoms with Gasteiger partial charge in [0.05, 0.1) is 11.3 Å². The van der Waals surface area contributed by atoms with Gasteiger partial charge in [-0.2, -0.15) is 15.1 Å². The van der Waals surface area contributed by atoms with E-state index in [1.165, 1.54) is 22.8 Å². The van der Waals surface area contributed by atoms with Crippen molar-refractivity contribution in [3.8, 4) is 11.4 Å². The first-order chi connectivity index (χ1) is 16.8. The molecule has 2 aliphatic rings. The van der Waals surface area contributed by atoms with Crippen molar-refractivity contribution in [1.82, 2.24) is 9.58 Å². The zero-order chi connectivity index (χ0) is 24.7. The van der Waals surface area contributed by atoms with E-state index in [1.807, 2.05) is 51.1 Å². The number of aliphatic imine (C=N–C) groups is 1. The van der Waals surface area contributed by atoms with Crippen LogP contribution >= 0.6 is 11.8 Å². The maximum atomic E-state index is 14.4. The number of hydrazone groups is 1. The molecule has 7 nitrogen and oxygen atoms in total. The van der Waals surface area contributed by atoms with Gasteiger partial charge in [0.15, 0.2) is 5.84 Å². The van der Waals surface area contributed by atoms with Crippen LogP contribution < -0.4 is 4.74 Å². The largest absolute Gasteiger partial charge is 0.486 e. The van der Waals surface area contributed by atoms with Gasteiger partial charge in [-0.1, -0.05) is 30.3 Å². The zero-order valence-corrected chi connectivity index (χ0v) is 20.2. The lowest BCUT2D eigenvalue weighted by Gasteiger charge is -2.20. The number of carbonyl (C=O) groups is 1. The van der Waals surface area contributed by atoms with E-state index in [4.69, 9.17) is 10.1 Å². The van der Waals surface area contributed by atoms with Crippen LogP contribution in [0.5, 0.6) is 5.75 Å². The third-order valence-corrected chi connectivity index (χ3v) is 6.69. The Balaban J connectivity index is 1.41. The number of benzene rings is 2. The van der Waals surface area contributed by atoms with E-state index in [0.29, 0.717) is 21.5 Å². The van der Waals surface area contributed by atoms with Crippen LogP contribution in [-0.2, 0) is 4.79 Å². The lowest BCUT2D eigenvalue weighted by Crippen LogP contribution is -2.35. The number of hydrogen-bond donors (Lipinski definition) is 1. The summed E-state index contributed by atoms with van der Waals surface area (Å²) in [5.74, 6) is -0.164. The highest BCUT2D eigenvalue weighted by Gasteiger charge is 2.36. The SMILES string of the molecule is Cc1ccccc1OCC1=NN2C(=N)/C(=C/c3cc(C)n(-c4ccccc4F)c3C)C(=O)N=C2S1. The second kappa shape index (κ2) is 8.99. The molecule has 3 aromatic rings. The molecular weight excluding hydrogens is 465 g/mol. The molecule has 35 heavy (non-hydrogen) atoms. The molecule has 3 heterocycles. The Labute approximate surface area is 206 Å². The summed E-state index contributed by atoms with van der Waals surface area (Å²) in [7, 11) is 0. The molecular formula is C26H22FN5O2S. The third kappa shape index (κ3) is 4.19. The fourth-order valence-electron chi connectivity index (χ4n) is 4.04. The van der Waals surface area contributed by atoms with E-state index in [-0.39, 0.29) is 23.8 Å². The topological polar surface area (TPSA) is 83.0 Å². The van der Waals surface area contributed by atoms with Crippen molar-refractivity contribution in [2.75, 3.05) is 6.61 Å². The molecule has 5 rings (SSSR count). The van der Waals surface area contributed by atoms with Crippen molar-refractivity contribution in [2.45, 2.75) is 20.8 Å². The molecule has 0 radical (unpaired) electrons. The molecule has 2 aliphatic heterocycles. The number of ether oxygens (including phenoxy) is 1. The van der Waals surface area contributed by atoms with Crippen molar-refractivity contribution in [1.29, 1.82) is 5.41 Å². The molecule has 0 saturated carbocycles. The normalized spacial score (nSPS) is 16.5. The highest BCUT2D eigenvalue weighted by atomic mass is 32.2. The quantitative estimate of drug-likeness (QED) is 0.499. The van der Waals surface area contributed by atoms with Crippen molar-refractivity contribution >= 4 is 39.8 Å². The number of para-hydroxylation sites is 2. The summed E-state index contributed by atoms with van der Waals surface area (Å²) in [5, 5.41) is 15.4. The molecule has 0 unspecified atom stereocenters. The number of aryl methyl sites for hydroxylation is 2. The van der Waals surface area contributed by atoms with Gasteiger partial charge >= 0.3 is 0 Å². The van der Waals surface area contributed by atoms with Crippen LogP contribution in [0.25, 0.3) is 11.8 Å². The summed E-state index contributed by atoms with van der Waals surface area (Å²) in [6, 6.07) is 16.1. The van der Waals surface area contributed by atoms with Gasteiger partial charge in [0.25, 0.3) is 5.91 Å². The Bertz CT molecular complexity index is 1470. The van der Waals surface area contributed by atoms with Gasteiger partial charge in [-0.25, -0.2) is 4.39 Å². The van der Waals surface area contributed by atoms with Gasteiger partial charge < -0.3 is 9.30 Å². The maximum absolute atomic E-state index is 14.4. The minimum absolute atomic E-state index is 0.0610. The first kappa shape index (κ1) is 22.8. The Morgan fingerprint density at radius 2 is 1.86 bits per heavy atom. The minimum Gasteiger partial charge on any atom is -0.486 e. The summed E-state index contributed by atoms with van der Waals surface area (Å²) in [6.07, 6.45) is 1.62. The molecule has 0 atom stereocenters. The van der Waals surface area contributed by atoms with E-state index in [0.717, 1.165) is 22.7 Å². The van der Waals surface area contributed by atoms with E-state index < -0.39 is 5.91 Å². The van der Waals surface area contributed by atoms with Crippen molar-refractivity contribution < 1.29 is 13.9 Å². The molecule has 0 saturated heterocycles. The van der Waals surface area contributed by atoms with Crippen LogP contribution in [0.15, 0.2) is 70.3 Å². The Kier molecular flexibility index (Phi) is 5.86. The van der Waals surface area contributed by atoms with Gasteiger partial charge in [0.2, 0.25) is 5.17 Å². The van der Waals surface area contributed by atoms with Crippen LogP contribution in [0, 0.1) is 32.0 Å². The number of carbonyl (C=O) groups excluding carboxylic acids is 1. The number of halogens is 1. The summed E-state index contributed by atoms with van der Waals surface area (Å²) in [4.78, 5) is 17.0. The van der Waals surface area contributed by atoms with Crippen molar-refractivity contribution in [3.05, 3.63) is 88.5 Å².